The summed E-state index contributed by atoms with van der Waals surface area (Å²) in [6.45, 7) is 0. The van der Waals surface area contributed by atoms with Gasteiger partial charge in [0.05, 0.1) is 28.5 Å². The topological polar surface area (TPSA) is 38.1 Å². The first-order chi connectivity index (χ1) is 40.6. The third-order valence-corrected chi connectivity index (χ3v) is 16.2. The van der Waals surface area contributed by atoms with E-state index in [1.54, 1.807) is 0 Å². The van der Waals surface area contributed by atoms with Gasteiger partial charge in [-0.3, -0.25) is 4.99 Å². The second-order valence-electron chi connectivity index (χ2n) is 21.4. The molecular weight excluding hydrogens is 991 g/mol. The van der Waals surface area contributed by atoms with Gasteiger partial charge in [-0.1, -0.05) is 261 Å². The Morgan fingerprint density at radius 2 is 0.671 bits per heavy atom. The molecule has 1 aliphatic carbocycles. The number of nitrogens with zero attached hydrogens (tertiary/aromatic N) is 3. The minimum atomic E-state index is 0.107. The molecular formula is C79H57N3. The average molecular weight is 1050 g/mol. The molecule has 14 rings (SSSR count). The molecule has 1 aliphatic heterocycles. The van der Waals surface area contributed by atoms with Gasteiger partial charge >= 0.3 is 0 Å². The zero-order valence-electron chi connectivity index (χ0n) is 45.4. The van der Waals surface area contributed by atoms with Gasteiger partial charge < -0.3 is 0 Å². The predicted molar refractivity (Wildman–Crippen MR) is 343 cm³/mol. The molecule has 0 spiro atoms. The Balaban J connectivity index is 0.903. The highest BCUT2D eigenvalue weighted by Crippen LogP contribution is 2.50. The molecule has 3 nitrogen and oxygen atoms in total. The molecule has 0 radical (unpaired) electrons. The summed E-state index contributed by atoms with van der Waals surface area (Å²) < 4.78 is 0. The van der Waals surface area contributed by atoms with E-state index in [0.29, 0.717) is 0 Å². The standard InChI is InChI=1S/C79H57N3/c1-7-21-54(22-8-1)64-33-19-35-66(45-64)68-47-72(67-36-20-34-65(46-67)55-23-9-2-10-24-55)79-73(48-68)71(58-39-43-62(44-40-58)77-50-69(56-25-11-3-12-26-56)49-74(81-77)59-27-13-4-14-28-59)53-78(82-79)63-41-37-57(38-42-63)70-51-75(60-29-15-5-16-30-60)80-76(52-70)61-31-17-6-18-32-61/h1-39,41-52,58,71H,40,53H2. The van der Waals surface area contributed by atoms with Crippen LogP contribution in [0.3, 0.4) is 0 Å². The quantitative estimate of drug-likeness (QED) is 0.122. The molecule has 0 bridgehead atoms. The van der Waals surface area contributed by atoms with Crippen molar-refractivity contribution in [3.8, 4) is 101 Å². The minimum Gasteiger partial charge on any atom is -0.252 e. The Kier molecular flexibility index (Phi) is 13.6. The molecule has 2 atom stereocenters. The lowest BCUT2D eigenvalue weighted by Gasteiger charge is -2.33. The first-order valence-corrected chi connectivity index (χ1v) is 28.4. The Bertz CT molecular complexity index is 4220. The van der Waals surface area contributed by atoms with Crippen molar-refractivity contribution in [1.82, 2.24) is 9.97 Å². The van der Waals surface area contributed by atoms with Gasteiger partial charge in [-0.2, -0.15) is 0 Å². The van der Waals surface area contributed by atoms with Crippen LogP contribution in [0.25, 0.3) is 106 Å². The largest absolute Gasteiger partial charge is 0.252 e. The number of aliphatic imine (C=N–C) groups is 1. The lowest BCUT2D eigenvalue weighted by atomic mass is 9.73. The van der Waals surface area contributed by atoms with Crippen LogP contribution in [-0.4, -0.2) is 15.7 Å². The molecule has 0 saturated heterocycles. The van der Waals surface area contributed by atoms with Gasteiger partial charge in [0.1, 0.15) is 0 Å². The lowest BCUT2D eigenvalue weighted by molar-refractivity contribution is 0.519. The van der Waals surface area contributed by atoms with Crippen LogP contribution in [0.2, 0.25) is 0 Å². The Hall–Kier alpha value is -10.4. The number of aromatic nitrogens is 2. The molecule has 0 N–H and O–H groups in total. The van der Waals surface area contributed by atoms with Crippen LogP contribution in [0.5, 0.6) is 0 Å². The van der Waals surface area contributed by atoms with Crippen LogP contribution >= 0.6 is 0 Å². The first kappa shape index (κ1) is 49.9. The normalized spacial score (nSPS) is 14.6. The van der Waals surface area contributed by atoms with Crippen molar-refractivity contribution in [2.45, 2.75) is 18.8 Å². The maximum absolute atomic E-state index is 5.85. The van der Waals surface area contributed by atoms with Crippen LogP contribution in [-0.2, 0) is 0 Å². The SMILES string of the molecule is C1=CC(C2CC(c3ccc(-c4cc(-c5ccccc5)nc(-c5ccccc5)c4)cc3)=Nc3c(-c4cccc(-c5ccccc5)c4)cc(-c4cccc(-c5ccccc5)c4)cc32)CC=C1c1cc(-c2ccccc2)cc(-c2ccccc2)n1. The maximum atomic E-state index is 5.85. The molecule has 388 valence electrons. The van der Waals surface area contributed by atoms with E-state index in [1.165, 1.54) is 44.5 Å². The van der Waals surface area contributed by atoms with Crippen molar-refractivity contribution in [2.24, 2.45) is 10.9 Å². The summed E-state index contributed by atoms with van der Waals surface area (Å²) in [6.07, 6.45) is 8.84. The number of benzene rings is 10. The van der Waals surface area contributed by atoms with E-state index in [0.717, 1.165) is 103 Å². The Labute approximate surface area is 480 Å². The first-order valence-electron chi connectivity index (χ1n) is 28.4. The Morgan fingerprint density at radius 3 is 1.16 bits per heavy atom. The van der Waals surface area contributed by atoms with Crippen molar-refractivity contribution in [1.29, 1.82) is 0 Å². The van der Waals surface area contributed by atoms with Gasteiger partial charge in [-0.15, -0.1) is 0 Å². The highest BCUT2D eigenvalue weighted by atomic mass is 14.8. The highest BCUT2D eigenvalue weighted by molar-refractivity contribution is 6.06. The molecule has 2 aliphatic rings. The van der Waals surface area contributed by atoms with E-state index in [-0.39, 0.29) is 11.8 Å². The zero-order valence-corrected chi connectivity index (χ0v) is 45.4. The van der Waals surface area contributed by atoms with Crippen molar-refractivity contribution in [3.05, 3.63) is 326 Å². The van der Waals surface area contributed by atoms with Crippen molar-refractivity contribution in [3.63, 3.8) is 0 Å². The summed E-state index contributed by atoms with van der Waals surface area (Å²) in [5.41, 5.74) is 26.7. The smallest absolute Gasteiger partial charge is 0.0747 e. The summed E-state index contributed by atoms with van der Waals surface area (Å²) in [5, 5.41) is 0. The van der Waals surface area contributed by atoms with Gasteiger partial charge in [0.25, 0.3) is 0 Å². The number of hydrogen-bond acceptors (Lipinski definition) is 3. The molecule has 3 heteroatoms. The number of hydrogen-bond donors (Lipinski definition) is 0. The van der Waals surface area contributed by atoms with Crippen molar-refractivity contribution >= 4 is 17.0 Å². The molecule has 82 heavy (non-hydrogen) atoms. The predicted octanol–water partition coefficient (Wildman–Crippen LogP) is 20.7. The summed E-state index contributed by atoms with van der Waals surface area (Å²) in [4.78, 5) is 16.4. The summed E-state index contributed by atoms with van der Waals surface area (Å²) in [7, 11) is 0. The van der Waals surface area contributed by atoms with E-state index in [2.05, 4.69) is 309 Å². The fourth-order valence-electron chi connectivity index (χ4n) is 11.9. The second kappa shape index (κ2) is 22.4. The van der Waals surface area contributed by atoms with Gasteiger partial charge in [-0.25, -0.2) is 9.97 Å². The van der Waals surface area contributed by atoms with Gasteiger partial charge in [0, 0.05) is 28.0 Å². The molecule has 10 aromatic carbocycles. The van der Waals surface area contributed by atoms with Crippen molar-refractivity contribution < 1.29 is 0 Å². The molecule has 3 heterocycles. The Morgan fingerprint density at radius 1 is 0.293 bits per heavy atom. The number of allylic oxidation sites excluding steroid dienone is 4. The van der Waals surface area contributed by atoms with Gasteiger partial charge in [0.2, 0.25) is 0 Å². The van der Waals surface area contributed by atoms with Crippen molar-refractivity contribution in [2.75, 3.05) is 0 Å². The van der Waals surface area contributed by atoms with E-state index in [4.69, 9.17) is 15.0 Å². The van der Waals surface area contributed by atoms with Crippen LogP contribution < -0.4 is 0 Å². The van der Waals surface area contributed by atoms with Crippen LogP contribution in [0.1, 0.15) is 35.6 Å². The maximum Gasteiger partial charge on any atom is 0.0747 e. The molecule has 0 fully saturated rings. The lowest BCUT2D eigenvalue weighted by Crippen LogP contribution is -2.21. The minimum absolute atomic E-state index is 0.107. The van der Waals surface area contributed by atoms with E-state index < -0.39 is 0 Å². The monoisotopic (exact) mass is 1050 g/mol. The number of pyridine rings is 2. The van der Waals surface area contributed by atoms with Crippen LogP contribution in [0, 0.1) is 5.92 Å². The summed E-state index contributed by atoms with van der Waals surface area (Å²) in [5.74, 6) is 0.285. The fourth-order valence-corrected chi connectivity index (χ4v) is 11.9. The summed E-state index contributed by atoms with van der Waals surface area (Å²) in [6, 6.07) is 104. The van der Waals surface area contributed by atoms with E-state index in [1.807, 2.05) is 0 Å². The average Bonchev–Trinajstić information content (AvgIpc) is 3.69. The van der Waals surface area contributed by atoms with E-state index >= 15 is 0 Å². The molecule has 2 unspecified atom stereocenters. The third-order valence-electron chi connectivity index (χ3n) is 16.2. The van der Waals surface area contributed by atoms with Crippen LogP contribution in [0.15, 0.2) is 314 Å². The van der Waals surface area contributed by atoms with E-state index in [9.17, 15) is 0 Å². The molecule has 2 aromatic heterocycles. The highest BCUT2D eigenvalue weighted by Gasteiger charge is 2.33. The molecule has 0 amide bonds. The van der Waals surface area contributed by atoms with Gasteiger partial charge in [0.15, 0.2) is 0 Å². The summed E-state index contributed by atoms with van der Waals surface area (Å²) >= 11 is 0. The zero-order chi connectivity index (χ0) is 54.6. The molecule has 12 aromatic rings. The van der Waals surface area contributed by atoms with Gasteiger partial charge in [-0.05, 0) is 151 Å². The number of rotatable bonds is 12. The second-order valence-corrected chi connectivity index (χ2v) is 21.4. The molecule has 0 saturated carbocycles. The fraction of sp³-hybridized carbons (Fsp3) is 0.0506. The van der Waals surface area contributed by atoms with Crippen LogP contribution in [0.4, 0.5) is 5.69 Å². The number of fused-ring (bicyclic) bond motifs is 1. The third kappa shape index (κ3) is 10.4.